The number of pyridine rings is 1. The Balaban J connectivity index is 1.38. The number of hydrogen-bond acceptors (Lipinski definition) is 6. The molecule has 5 aliphatic rings. The number of nitrogens with zero attached hydrogens (tertiary/aromatic N) is 3. The first-order valence-corrected chi connectivity index (χ1v) is 13.5. The molecule has 1 aromatic rings. The van der Waals surface area contributed by atoms with Crippen LogP contribution in [-0.2, 0) is 14.4 Å². The van der Waals surface area contributed by atoms with Gasteiger partial charge in [0.2, 0.25) is 17.7 Å². The van der Waals surface area contributed by atoms with Crippen molar-refractivity contribution in [1.82, 2.24) is 20.5 Å². The number of aryl methyl sites for hydroxylation is 1. The van der Waals surface area contributed by atoms with E-state index in [2.05, 4.69) is 20.9 Å². The van der Waals surface area contributed by atoms with Gasteiger partial charge in [-0.1, -0.05) is 12.8 Å². The molecule has 1 aromatic heterocycles. The summed E-state index contributed by atoms with van der Waals surface area (Å²) >= 11 is 0. The van der Waals surface area contributed by atoms with Crippen LogP contribution in [0.25, 0.3) is 0 Å². The van der Waals surface area contributed by atoms with Crippen molar-refractivity contribution >= 4 is 23.4 Å². The van der Waals surface area contributed by atoms with E-state index in [4.69, 9.17) is 0 Å². The topological polar surface area (TPSA) is 127 Å². The maximum absolute atomic E-state index is 15.1. The van der Waals surface area contributed by atoms with Gasteiger partial charge in [-0.25, -0.2) is 8.78 Å². The highest BCUT2D eigenvalue weighted by Crippen LogP contribution is 2.49. The number of anilines is 1. The first-order valence-electron chi connectivity index (χ1n) is 13.5. The molecule has 38 heavy (non-hydrogen) atoms. The van der Waals surface area contributed by atoms with Crippen LogP contribution in [-0.4, -0.2) is 64.2 Å². The molecule has 2 aliphatic carbocycles. The van der Waals surface area contributed by atoms with E-state index in [9.17, 15) is 19.6 Å². The molecule has 0 radical (unpaired) electrons. The zero-order valence-corrected chi connectivity index (χ0v) is 21.5. The lowest BCUT2D eigenvalue weighted by atomic mass is 9.71. The highest BCUT2D eigenvalue weighted by Gasteiger charge is 2.61. The second-order valence-electron chi connectivity index (χ2n) is 11.3. The van der Waals surface area contributed by atoms with Crippen LogP contribution in [0, 0.1) is 36.0 Å². The number of amides is 3. The van der Waals surface area contributed by atoms with Gasteiger partial charge in [0.1, 0.15) is 18.1 Å². The van der Waals surface area contributed by atoms with E-state index >= 15 is 8.78 Å². The molecule has 2 saturated carbocycles. The molecule has 6 atom stereocenters. The van der Waals surface area contributed by atoms with Crippen LogP contribution in [0.4, 0.5) is 14.5 Å². The summed E-state index contributed by atoms with van der Waals surface area (Å²) in [6.45, 7) is 2.39. The number of nitriles is 1. The minimum atomic E-state index is -3.09. The van der Waals surface area contributed by atoms with Crippen LogP contribution in [0.15, 0.2) is 18.5 Å². The van der Waals surface area contributed by atoms with Crippen LogP contribution < -0.4 is 16.0 Å². The van der Waals surface area contributed by atoms with Gasteiger partial charge in [-0.15, -0.1) is 0 Å². The monoisotopic (exact) mass is 528 g/mol. The van der Waals surface area contributed by atoms with Crippen LogP contribution in [0.1, 0.15) is 56.9 Å². The molecule has 3 amide bonds. The zero-order chi connectivity index (χ0) is 27.0. The van der Waals surface area contributed by atoms with Gasteiger partial charge in [0.25, 0.3) is 5.92 Å². The molecule has 6 rings (SSSR count). The summed E-state index contributed by atoms with van der Waals surface area (Å²) in [6, 6.07) is 0.0408. The van der Waals surface area contributed by atoms with Gasteiger partial charge in [0.15, 0.2) is 0 Å². The average Bonchev–Trinajstić information content (AvgIpc) is 3.61. The van der Waals surface area contributed by atoms with Crippen molar-refractivity contribution in [3.63, 3.8) is 0 Å². The highest BCUT2D eigenvalue weighted by molar-refractivity contribution is 5.92. The van der Waals surface area contributed by atoms with Crippen molar-refractivity contribution in [3.8, 4) is 6.07 Å². The lowest BCUT2D eigenvalue weighted by molar-refractivity contribution is -0.194. The molecule has 5 fully saturated rings. The average molecular weight is 529 g/mol. The Morgan fingerprint density at radius 3 is 2.66 bits per heavy atom. The number of fused-ring (bicyclic) bond motifs is 3. The standard InChI is InChI=1S/C27H34F2N6O3/c1-15-8-19(14-31-13-15)33-22(9-16-2-3-16)26(38)35-20-4-5-21(27(28,29)11-20)23(35)25(37)34-18(12-30)10-17-6-7-32-24(17)36/h8,13-14,16-18,20-23,33H,2-7,9-11H2,1H3,(H,32,36)(H,34,37)/t17-,18-,20-,21-,22-,23+/m0/s1. The molecule has 9 nitrogen and oxygen atoms in total. The molecule has 0 aromatic carbocycles. The molecule has 11 heteroatoms. The van der Waals surface area contributed by atoms with Gasteiger partial charge in [0.05, 0.1) is 17.7 Å². The second-order valence-corrected chi connectivity index (χ2v) is 11.3. The van der Waals surface area contributed by atoms with Gasteiger partial charge in [-0.2, -0.15) is 5.26 Å². The fourth-order valence-electron chi connectivity index (χ4n) is 6.30. The third-order valence-corrected chi connectivity index (χ3v) is 8.39. The predicted octanol–water partition coefficient (Wildman–Crippen LogP) is 2.52. The van der Waals surface area contributed by atoms with E-state index < -0.39 is 54.3 Å². The number of carbonyl (C=O) groups is 3. The van der Waals surface area contributed by atoms with Crippen LogP contribution in [0.2, 0.25) is 0 Å². The molecule has 3 aliphatic heterocycles. The van der Waals surface area contributed by atoms with Crippen molar-refractivity contribution in [3.05, 3.63) is 24.0 Å². The van der Waals surface area contributed by atoms with Gasteiger partial charge >= 0.3 is 0 Å². The first-order chi connectivity index (χ1) is 18.2. The maximum Gasteiger partial charge on any atom is 0.255 e. The lowest BCUT2D eigenvalue weighted by Gasteiger charge is -2.54. The molecule has 3 N–H and O–H groups in total. The quantitative estimate of drug-likeness (QED) is 0.452. The molecule has 2 bridgehead atoms. The Bertz CT molecular complexity index is 1140. The third kappa shape index (κ3) is 5.45. The predicted molar refractivity (Wildman–Crippen MR) is 134 cm³/mol. The first kappa shape index (κ1) is 26.3. The van der Waals surface area contributed by atoms with Gasteiger partial charge in [-0.3, -0.25) is 19.4 Å². The molecular formula is C27H34F2N6O3. The normalized spacial score (nSPS) is 29.2. The molecule has 4 heterocycles. The summed E-state index contributed by atoms with van der Waals surface area (Å²) in [7, 11) is 0. The van der Waals surface area contributed by atoms with Crippen molar-refractivity contribution in [2.45, 2.75) is 88.4 Å². The second kappa shape index (κ2) is 10.5. The Hall–Kier alpha value is -3.29. The molecule has 204 valence electrons. The van der Waals surface area contributed by atoms with Crippen LogP contribution in [0.5, 0.6) is 0 Å². The van der Waals surface area contributed by atoms with E-state index in [0.29, 0.717) is 37.4 Å². The van der Waals surface area contributed by atoms with E-state index in [1.165, 1.54) is 4.90 Å². The fourth-order valence-corrected chi connectivity index (χ4v) is 6.30. The maximum atomic E-state index is 15.1. The number of hydrogen-bond donors (Lipinski definition) is 3. The Labute approximate surface area is 220 Å². The summed E-state index contributed by atoms with van der Waals surface area (Å²) in [5.74, 6) is -5.77. The summed E-state index contributed by atoms with van der Waals surface area (Å²) < 4.78 is 30.2. The van der Waals surface area contributed by atoms with E-state index in [-0.39, 0.29) is 24.7 Å². The summed E-state index contributed by atoms with van der Waals surface area (Å²) in [5.41, 5.74) is 1.58. The number of nitrogens with one attached hydrogen (secondary N) is 3. The Morgan fingerprint density at radius 2 is 2.03 bits per heavy atom. The summed E-state index contributed by atoms with van der Waals surface area (Å²) in [5, 5.41) is 18.2. The SMILES string of the molecule is Cc1cncc(N[C@@H](CC2CC2)C(=O)N2[C@H]3CC[C@@H]([C@@H]2C(=O)N[C@H](C#N)C[C@@H]2CCNC2=O)C(F)(F)C3)c1. The number of rotatable bonds is 9. The number of aromatic nitrogens is 1. The van der Waals surface area contributed by atoms with Gasteiger partial charge < -0.3 is 20.9 Å². The smallest absolute Gasteiger partial charge is 0.255 e. The lowest BCUT2D eigenvalue weighted by Crippen LogP contribution is -2.70. The number of carbonyl (C=O) groups excluding carboxylic acids is 3. The van der Waals surface area contributed by atoms with E-state index in [1.54, 1.807) is 12.4 Å². The largest absolute Gasteiger partial charge is 0.372 e. The van der Waals surface area contributed by atoms with Crippen molar-refractivity contribution in [2.75, 3.05) is 11.9 Å². The van der Waals surface area contributed by atoms with Crippen molar-refractivity contribution in [1.29, 1.82) is 5.26 Å². The fraction of sp³-hybridized carbons (Fsp3) is 0.667. The summed E-state index contributed by atoms with van der Waals surface area (Å²) in [4.78, 5) is 45.1. The molecule has 3 saturated heterocycles. The minimum absolute atomic E-state index is 0.103. The Kier molecular flexibility index (Phi) is 7.25. The number of halogens is 2. The highest BCUT2D eigenvalue weighted by atomic mass is 19.3. The van der Waals surface area contributed by atoms with Gasteiger partial charge in [-0.05, 0) is 56.6 Å². The third-order valence-electron chi connectivity index (χ3n) is 8.39. The zero-order valence-electron chi connectivity index (χ0n) is 21.5. The molecule has 0 spiro atoms. The molecule has 0 unspecified atom stereocenters. The van der Waals surface area contributed by atoms with Crippen LogP contribution in [0.3, 0.4) is 0 Å². The minimum Gasteiger partial charge on any atom is -0.372 e. The Morgan fingerprint density at radius 1 is 1.24 bits per heavy atom. The summed E-state index contributed by atoms with van der Waals surface area (Å²) in [6.07, 6.45) is 6.59. The van der Waals surface area contributed by atoms with Crippen LogP contribution >= 0.6 is 0 Å². The van der Waals surface area contributed by atoms with E-state index in [0.717, 1.165) is 18.4 Å². The number of alkyl halides is 2. The number of piperidine rings is 2. The van der Waals surface area contributed by atoms with E-state index in [1.807, 2.05) is 19.1 Å². The van der Waals surface area contributed by atoms with Crippen molar-refractivity contribution in [2.24, 2.45) is 17.8 Å². The molecular weight excluding hydrogens is 494 g/mol. The van der Waals surface area contributed by atoms with Crippen molar-refractivity contribution < 1.29 is 23.2 Å². The van der Waals surface area contributed by atoms with Gasteiger partial charge in [0, 0.05) is 37.3 Å².